The molecular formula is C12H19N7. The minimum atomic E-state index is 0.632. The van der Waals surface area contributed by atoms with Crippen LogP contribution in [0.5, 0.6) is 0 Å². The van der Waals surface area contributed by atoms with Gasteiger partial charge in [-0.15, -0.1) is 0 Å². The summed E-state index contributed by atoms with van der Waals surface area (Å²) in [6.45, 7) is 3.31. The summed E-state index contributed by atoms with van der Waals surface area (Å²) in [5, 5.41) is 0. The third-order valence-electron chi connectivity index (χ3n) is 2.79. The maximum Gasteiger partial charge on any atom is 0.145 e. The summed E-state index contributed by atoms with van der Waals surface area (Å²) in [5.41, 5.74) is 3.44. The van der Waals surface area contributed by atoms with Crippen LogP contribution in [0.15, 0.2) is 18.5 Å². The second-order valence-corrected chi connectivity index (χ2v) is 4.58. The van der Waals surface area contributed by atoms with Crippen molar-refractivity contribution >= 4 is 5.82 Å². The van der Waals surface area contributed by atoms with E-state index in [4.69, 9.17) is 5.84 Å². The Morgan fingerprint density at radius 1 is 1.37 bits per heavy atom. The van der Waals surface area contributed by atoms with Crippen LogP contribution in [0.4, 0.5) is 5.82 Å². The van der Waals surface area contributed by atoms with Gasteiger partial charge in [-0.3, -0.25) is 4.90 Å². The summed E-state index contributed by atoms with van der Waals surface area (Å²) >= 11 is 0. The van der Waals surface area contributed by atoms with E-state index in [9.17, 15) is 0 Å². The van der Waals surface area contributed by atoms with Gasteiger partial charge in [0.15, 0.2) is 0 Å². The summed E-state index contributed by atoms with van der Waals surface area (Å²) in [7, 11) is 3.99. The number of hydrogen-bond acceptors (Lipinski definition) is 6. The van der Waals surface area contributed by atoms with E-state index >= 15 is 0 Å². The van der Waals surface area contributed by atoms with Crippen molar-refractivity contribution < 1.29 is 0 Å². The van der Waals surface area contributed by atoms with E-state index in [2.05, 4.69) is 25.3 Å². The van der Waals surface area contributed by atoms with E-state index in [0.29, 0.717) is 12.4 Å². The topological polar surface area (TPSA) is 84.9 Å². The lowest BCUT2D eigenvalue weighted by Gasteiger charge is -2.16. The van der Waals surface area contributed by atoms with Crippen molar-refractivity contribution in [2.45, 2.75) is 20.0 Å². The molecule has 3 N–H and O–H groups in total. The van der Waals surface area contributed by atoms with E-state index in [1.165, 1.54) is 0 Å². The van der Waals surface area contributed by atoms with Crippen LogP contribution in [-0.4, -0.2) is 31.5 Å². The number of nitrogens with two attached hydrogens (primary N) is 1. The second kappa shape index (κ2) is 5.77. The molecule has 102 valence electrons. The van der Waals surface area contributed by atoms with Crippen molar-refractivity contribution in [2.75, 3.05) is 12.5 Å². The summed E-state index contributed by atoms with van der Waals surface area (Å²) in [6.07, 6.45) is 3.73. The Morgan fingerprint density at radius 2 is 2.16 bits per heavy atom. The fourth-order valence-electron chi connectivity index (χ4n) is 1.86. The zero-order valence-electron chi connectivity index (χ0n) is 11.5. The van der Waals surface area contributed by atoms with Crippen LogP contribution < -0.4 is 11.3 Å². The molecule has 0 fully saturated rings. The molecule has 2 heterocycles. The molecule has 0 radical (unpaired) electrons. The highest BCUT2D eigenvalue weighted by molar-refractivity contribution is 5.33. The quantitative estimate of drug-likeness (QED) is 0.600. The molecule has 0 aliphatic heterocycles. The monoisotopic (exact) mass is 261 g/mol. The highest BCUT2D eigenvalue weighted by Gasteiger charge is 2.08. The van der Waals surface area contributed by atoms with Gasteiger partial charge < -0.3 is 9.99 Å². The number of rotatable bonds is 5. The molecule has 0 aliphatic rings. The molecular weight excluding hydrogens is 242 g/mol. The van der Waals surface area contributed by atoms with Crippen LogP contribution in [0.2, 0.25) is 0 Å². The molecule has 0 bridgehead atoms. The van der Waals surface area contributed by atoms with Crippen molar-refractivity contribution in [3.05, 3.63) is 35.8 Å². The van der Waals surface area contributed by atoms with Crippen LogP contribution in [0.1, 0.15) is 17.3 Å². The molecule has 2 aromatic heterocycles. The molecule has 0 aliphatic carbocycles. The van der Waals surface area contributed by atoms with Crippen molar-refractivity contribution in [3.63, 3.8) is 0 Å². The van der Waals surface area contributed by atoms with Gasteiger partial charge in [0, 0.05) is 31.2 Å². The standard InChI is InChI=1S/C12H19N7/c1-9-6-10(17-13)16-11(15-9)7-18(2)8-12-14-4-5-19(12)3/h4-6H,7-8,13H2,1-3H3,(H,15,16,17). The maximum absolute atomic E-state index is 5.38. The molecule has 0 unspecified atom stereocenters. The summed E-state index contributed by atoms with van der Waals surface area (Å²) < 4.78 is 2.00. The van der Waals surface area contributed by atoms with Gasteiger partial charge in [0.25, 0.3) is 0 Å². The molecule has 2 aromatic rings. The lowest BCUT2D eigenvalue weighted by Crippen LogP contribution is -2.21. The van der Waals surface area contributed by atoms with Gasteiger partial charge in [0.2, 0.25) is 0 Å². The van der Waals surface area contributed by atoms with E-state index in [-0.39, 0.29) is 0 Å². The van der Waals surface area contributed by atoms with Crippen LogP contribution >= 0.6 is 0 Å². The van der Waals surface area contributed by atoms with Crippen molar-refractivity contribution in [3.8, 4) is 0 Å². The van der Waals surface area contributed by atoms with Gasteiger partial charge in [0.05, 0.1) is 13.1 Å². The van der Waals surface area contributed by atoms with E-state index < -0.39 is 0 Å². The Balaban J connectivity index is 2.04. The zero-order chi connectivity index (χ0) is 13.8. The molecule has 7 heteroatoms. The van der Waals surface area contributed by atoms with Crippen molar-refractivity contribution in [1.29, 1.82) is 0 Å². The fourth-order valence-corrected chi connectivity index (χ4v) is 1.86. The lowest BCUT2D eigenvalue weighted by molar-refractivity contribution is 0.299. The van der Waals surface area contributed by atoms with E-state index in [1.807, 2.05) is 37.8 Å². The third-order valence-corrected chi connectivity index (χ3v) is 2.79. The molecule has 0 saturated carbocycles. The Hall–Kier alpha value is -1.99. The minimum Gasteiger partial charge on any atom is -0.337 e. The van der Waals surface area contributed by atoms with Gasteiger partial charge in [-0.05, 0) is 14.0 Å². The first-order chi connectivity index (χ1) is 9.08. The average Bonchev–Trinajstić information content (AvgIpc) is 2.74. The van der Waals surface area contributed by atoms with Crippen molar-refractivity contribution in [1.82, 2.24) is 24.4 Å². The van der Waals surface area contributed by atoms with Crippen LogP contribution in [0, 0.1) is 6.92 Å². The summed E-state index contributed by atoms with van der Waals surface area (Å²) in [4.78, 5) is 15.1. The van der Waals surface area contributed by atoms with Crippen LogP contribution in [0.3, 0.4) is 0 Å². The van der Waals surface area contributed by atoms with Gasteiger partial charge in [-0.1, -0.05) is 0 Å². The molecule has 19 heavy (non-hydrogen) atoms. The lowest BCUT2D eigenvalue weighted by atomic mass is 10.4. The van der Waals surface area contributed by atoms with Gasteiger partial charge in [0.1, 0.15) is 17.5 Å². The first-order valence-electron chi connectivity index (χ1n) is 6.04. The minimum absolute atomic E-state index is 0.632. The Labute approximate surface area is 112 Å². The number of anilines is 1. The third kappa shape index (κ3) is 3.49. The predicted octanol–water partition coefficient (Wildman–Crippen LogP) is 0.436. The number of aromatic nitrogens is 4. The highest BCUT2D eigenvalue weighted by Crippen LogP contribution is 2.08. The van der Waals surface area contributed by atoms with Gasteiger partial charge in [-0.25, -0.2) is 20.8 Å². The zero-order valence-corrected chi connectivity index (χ0v) is 11.5. The smallest absolute Gasteiger partial charge is 0.145 e. The maximum atomic E-state index is 5.38. The summed E-state index contributed by atoms with van der Waals surface area (Å²) in [5.74, 6) is 7.76. The van der Waals surface area contributed by atoms with Gasteiger partial charge >= 0.3 is 0 Å². The van der Waals surface area contributed by atoms with Crippen LogP contribution in [0.25, 0.3) is 0 Å². The second-order valence-electron chi connectivity index (χ2n) is 4.58. The number of imidazole rings is 1. The Bertz CT molecular complexity index is 549. The molecule has 0 atom stereocenters. The average molecular weight is 261 g/mol. The van der Waals surface area contributed by atoms with E-state index in [0.717, 1.165) is 23.9 Å². The number of nitrogens with zero attached hydrogens (tertiary/aromatic N) is 5. The molecule has 0 aromatic carbocycles. The number of nitrogens with one attached hydrogen (secondary N) is 1. The molecule has 0 spiro atoms. The fraction of sp³-hybridized carbons (Fsp3) is 0.417. The number of hydrogen-bond donors (Lipinski definition) is 2. The number of hydrazine groups is 1. The van der Waals surface area contributed by atoms with Crippen molar-refractivity contribution in [2.24, 2.45) is 12.9 Å². The molecule has 0 amide bonds. The predicted molar refractivity (Wildman–Crippen MR) is 73.0 cm³/mol. The normalized spacial score (nSPS) is 11.0. The largest absolute Gasteiger partial charge is 0.337 e. The SMILES string of the molecule is Cc1cc(NN)nc(CN(C)Cc2nccn2C)n1. The highest BCUT2D eigenvalue weighted by atomic mass is 15.3. The molecule has 2 rings (SSSR count). The Morgan fingerprint density at radius 3 is 2.79 bits per heavy atom. The summed E-state index contributed by atoms with van der Waals surface area (Å²) in [6, 6.07) is 1.81. The molecule has 0 saturated heterocycles. The van der Waals surface area contributed by atoms with Crippen LogP contribution in [-0.2, 0) is 20.1 Å². The van der Waals surface area contributed by atoms with E-state index in [1.54, 1.807) is 6.20 Å². The first-order valence-corrected chi connectivity index (χ1v) is 6.04. The number of nitrogen functional groups attached to an aromatic ring is 1. The first kappa shape index (κ1) is 13.4. The number of aryl methyl sites for hydroxylation is 2. The Kier molecular flexibility index (Phi) is 4.08. The molecule has 7 nitrogen and oxygen atoms in total. The van der Waals surface area contributed by atoms with Gasteiger partial charge in [-0.2, -0.15) is 0 Å².